The van der Waals surface area contributed by atoms with Gasteiger partial charge in [-0.25, -0.2) is 8.42 Å². The second kappa shape index (κ2) is 9.87. The summed E-state index contributed by atoms with van der Waals surface area (Å²) < 4.78 is 27.0. The van der Waals surface area contributed by atoms with Gasteiger partial charge in [0.05, 0.1) is 10.6 Å². The fraction of sp³-hybridized carbons (Fsp3) is 0.269. The van der Waals surface area contributed by atoms with Gasteiger partial charge < -0.3 is 15.1 Å². The summed E-state index contributed by atoms with van der Waals surface area (Å²) >= 11 is 0. The zero-order valence-electron chi connectivity index (χ0n) is 19.7. The molecule has 1 aliphatic rings. The number of piperazine rings is 1. The van der Waals surface area contributed by atoms with E-state index in [1.54, 1.807) is 48.5 Å². The Bertz CT molecular complexity index is 1230. The summed E-state index contributed by atoms with van der Waals surface area (Å²) in [5.74, 6) is -0.247. The van der Waals surface area contributed by atoms with Gasteiger partial charge in [-0.2, -0.15) is 0 Å². The largest absolute Gasteiger partial charge is 0.369 e. The van der Waals surface area contributed by atoms with Crippen LogP contribution in [-0.4, -0.2) is 59.5 Å². The molecule has 1 N–H and O–H groups in total. The Hall–Kier alpha value is -3.36. The van der Waals surface area contributed by atoms with Crippen molar-refractivity contribution in [2.75, 3.05) is 54.8 Å². The molecule has 0 spiro atoms. The standard InChI is InChI=1S/C26H30N4O3S/c1-20-4-14-25(15-5-20)34(32,33)29(3)23-10-6-21(7-11-23)26(31)27-22-8-12-24(13-9-22)30-18-16-28(2)17-19-30/h4-15H,16-19H2,1-3H3,(H,27,31). The Morgan fingerprint density at radius 3 is 2.03 bits per heavy atom. The average molecular weight is 479 g/mol. The number of sulfonamides is 1. The number of aryl methyl sites for hydroxylation is 1. The average Bonchev–Trinajstić information content (AvgIpc) is 2.85. The summed E-state index contributed by atoms with van der Waals surface area (Å²) in [7, 11) is -0.0462. The first-order chi connectivity index (χ1) is 16.2. The summed E-state index contributed by atoms with van der Waals surface area (Å²) in [6, 6.07) is 21.1. The Morgan fingerprint density at radius 1 is 0.853 bits per heavy atom. The van der Waals surface area contributed by atoms with Crippen LogP contribution in [0.1, 0.15) is 15.9 Å². The lowest BCUT2D eigenvalue weighted by Crippen LogP contribution is -2.44. The summed E-state index contributed by atoms with van der Waals surface area (Å²) in [6.45, 7) is 5.96. The predicted octanol–water partition coefficient (Wildman–Crippen LogP) is 3.82. The minimum Gasteiger partial charge on any atom is -0.369 e. The number of amides is 1. The van der Waals surface area contributed by atoms with Crippen molar-refractivity contribution in [1.29, 1.82) is 0 Å². The van der Waals surface area contributed by atoms with Crippen LogP contribution in [0.5, 0.6) is 0 Å². The number of rotatable bonds is 6. The molecule has 178 valence electrons. The third kappa shape index (κ3) is 5.24. The third-order valence-electron chi connectivity index (χ3n) is 6.17. The van der Waals surface area contributed by atoms with Crippen molar-refractivity contribution < 1.29 is 13.2 Å². The number of hydrogen-bond donors (Lipinski definition) is 1. The molecule has 1 fully saturated rings. The first-order valence-corrected chi connectivity index (χ1v) is 12.7. The molecule has 1 saturated heterocycles. The molecule has 3 aromatic carbocycles. The molecule has 3 aromatic rings. The number of carbonyl (C=O) groups excluding carboxylic acids is 1. The Kier molecular flexibility index (Phi) is 6.90. The van der Waals surface area contributed by atoms with E-state index >= 15 is 0 Å². The SMILES string of the molecule is Cc1ccc(S(=O)(=O)N(C)c2ccc(C(=O)Nc3ccc(N4CCN(C)CC4)cc3)cc2)cc1. The molecule has 4 rings (SSSR count). The van der Waals surface area contributed by atoms with Crippen LogP contribution in [0, 0.1) is 6.92 Å². The van der Waals surface area contributed by atoms with Crippen LogP contribution >= 0.6 is 0 Å². The molecule has 0 bridgehead atoms. The van der Waals surface area contributed by atoms with Crippen LogP contribution in [0.2, 0.25) is 0 Å². The van der Waals surface area contributed by atoms with Gasteiger partial charge in [-0.3, -0.25) is 9.10 Å². The monoisotopic (exact) mass is 478 g/mol. The summed E-state index contributed by atoms with van der Waals surface area (Å²) in [5.41, 5.74) is 3.78. The predicted molar refractivity (Wildman–Crippen MR) is 137 cm³/mol. The maximum Gasteiger partial charge on any atom is 0.264 e. The van der Waals surface area contributed by atoms with E-state index in [0.717, 1.165) is 37.4 Å². The first-order valence-electron chi connectivity index (χ1n) is 11.2. The summed E-state index contributed by atoms with van der Waals surface area (Å²) in [4.78, 5) is 17.6. The van der Waals surface area contributed by atoms with Crippen molar-refractivity contribution >= 4 is 33.0 Å². The van der Waals surface area contributed by atoms with Gasteiger partial charge in [0.25, 0.3) is 15.9 Å². The summed E-state index contributed by atoms with van der Waals surface area (Å²) in [5, 5.41) is 2.91. The van der Waals surface area contributed by atoms with Crippen molar-refractivity contribution in [3.05, 3.63) is 83.9 Å². The lowest BCUT2D eigenvalue weighted by Gasteiger charge is -2.34. The van der Waals surface area contributed by atoms with Crippen molar-refractivity contribution in [2.45, 2.75) is 11.8 Å². The Labute approximate surface area is 201 Å². The van der Waals surface area contributed by atoms with E-state index in [1.165, 1.54) is 11.4 Å². The Balaban J connectivity index is 1.40. The maximum absolute atomic E-state index is 12.9. The van der Waals surface area contributed by atoms with E-state index in [4.69, 9.17) is 0 Å². The van der Waals surface area contributed by atoms with E-state index in [1.807, 2.05) is 31.2 Å². The van der Waals surface area contributed by atoms with Crippen LogP contribution < -0.4 is 14.5 Å². The molecule has 0 radical (unpaired) electrons. The fourth-order valence-corrected chi connectivity index (χ4v) is 5.05. The third-order valence-corrected chi connectivity index (χ3v) is 7.97. The van der Waals surface area contributed by atoms with Crippen molar-refractivity contribution in [3.8, 4) is 0 Å². The van der Waals surface area contributed by atoms with Gasteiger partial charge in [0.1, 0.15) is 0 Å². The molecule has 1 aliphatic heterocycles. The number of nitrogens with zero attached hydrogens (tertiary/aromatic N) is 3. The molecule has 34 heavy (non-hydrogen) atoms. The number of anilines is 3. The van der Waals surface area contributed by atoms with Crippen LogP contribution in [0.4, 0.5) is 17.1 Å². The van der Waals surface area contributed by atoms with E-state index in [2.05, 4.69) is 22.2 Å². The first kappa shape index (κ1) is 23.8. The van der Waals surface area contributed by atoms with Gasteiger partial charge in [0, 0.05) is 50.2 Å². The van der Waals surface area contributed by atoms with Crippen molar-refractivity contribution in [3.63, 3.8) is 0 Å². The number of hydrogen-bond acceptors (Lipinski definition) is 5. The number of benzene rings is 3. The van der Waals surface area contributed by atoms with Crippen molar-refractivity contribution in [1.82, 2.24) is 4.90 Å². The molecule has 0 saturated carbocycles. The zero-order valence-corrected chi connectivity index (χ0v) is 20.5. The molecule has 7 nitrogen and oxygen atoms in total. The minimum absolute atomic E-state index is 0.224. The highest BCUT2D eigenvalue weighted by Gasteiger charge is 2.21. The summed E-state index contributed by atoms with van der Waals surface area (Å²) in [6.07, 6.45) is 0. The Morgan fingerprint density at radius 2 is 1.44 bits per heavy atom. The quantitative estimate of drug-likeness (QED) is 0.583. The lowest BCUT2D eigenvalue weighted by atomic mass is 10.2. The molecule has 0 atom stereocenters. The van der Waals surface area contributed by atoms with Gasteiger partial charge in [-0.1, -0.05) is 17.7 Å². The van der Waals surface area contributed by atoms with E-state index in [9.17, 15) is 13.2 Å². The molecule has 0 aliphatic carbocycles. The van der Waals surface area contributed by atoms with E-state index < -0.39 is 10.0 Å². The number of likely N-dealkylation sites (N-methyl/N-ethyl adjacent to an activating group) is 1. The zero-order chi connectivity index (χ0) is 24.3. The van der Waals surface area contributed by atoms with Crippen LogP contribution in [0.15, 0.2) is 77.7 Å². The minimum atomic E-state index is -3.68. The highest BCUT2D eigenvalue weighted by Crippen LogP contribution is 2.24. The van der Waals surface area contributed by atoms with Gasteiger partial charge >= 0.3 is 0 Å². The molecular weight excluding hydrogens is 448 g/mol. The van der Waals surface area contributed by atoms with Gasteiger partial charge in [0.15, 0.2) is 0 Å². The second-order valence-electron chi connectivity index (χ2n) is 8.62. The normalized spacial score (nSPS) is 14.6. The van der Waals surface area contributed by atoms with E-state index in [0.29, 0.717) is 16.9 Å². The fourth-order valence-electron chi connectivity index (χ4n) is 3.85. The van der Waals surface area contributed by atoms with Crippen LogP contribution in [0.25, 0.3) is 0 Å². The molecule has 1 heterocycles. The van der Waals surface area contributed by atoms with Gasteiger partial charge in [0.2, 0.25) is 0 Å². The van der Waals surface area contributed by atoms with E-state index in [-0.39, 0.29) is 10.8 Å². The molecular formula is C26H30N4O3S. The second-order valence-corrected chi connectivity index (χ2v) is 10.6. The molecule has 8 heteroatoms. The molecule has 0 unspecified atom stereocenters. The van der Waals surface area contributed by atoms with Crippen LogP contribution in [-0.2, 0) is 10.0 Å². The highest BCUT2D eigenvalue weighted by atomic mass is 32.2. The van der Waals surface area contributed by atoms with Gasteiger partial charge in [-0.05, 0) is 74.6 Å². The highest BCUT2D eigenvalue weighted by molar-refractivity contribution is 7.92. The lowest BCUT2D eigenvalue weighted by molar-refractivity contribution is 0.102. The maximum atomic E-state index is 12.9. The van der Waals surface area contributed by atoms with Crippen LogP contribution in [0.3, 0.4) is 0 Å². The molecule has 1 amide bonds. The topological polar surface area (TPSA) is 73.0 Å². The number of nitrogens with one attached hydrogen (secondary N) is 1. The van der Waals surface area contributed by atoms with Gasteiger partial charge in [-0.15, -0.1) is 0 Å². The van der Waals surface area contributed by atoms with Crippen molar-refractivity contribution in [2.24, 2.45) is 0 Å². The smallest absolute Gasteiger partial charge is 0.264 e. The molecule has 0 aromatic heterocycles. The number of carbonyl (C=O) groups is 1.